The molecule has 0 radical (unpaired) electrons. The molecule has 56 heavy (non-hydrogen) atoms. The first kappa shape index (κ1) is 39.0. The fraction of sp³-hybridized carbons (Fsp3) is 0.769. The molecule has 2 saturated carbocycles. The molecule has 1 aromatic heterocycles. The van der Waals surface area contributed by atoms with E-state index < -0.39 is 84.3 Å². The van der Waals surface area contributed by atoms with Crippen LogP contribution in [0.5, 0.6) is 0 Å². The molecule has 310 valence electrons. The van der Waals surface area contributed by atoms with E-state index in [1.54, 1.807) is 32.0 Å². The van der Waals surface area contributed by atoms with E-state index in [0.29, 0.717) is 62.8 Å². The van der Waals surface area contributed by atoms with Gasteiger partial charge >= 0.3 is 12.4 Å². The first-order valence-corrected chi connectivity index (χ1v) is 19.6. The van der Waals surface area contributed by atoms with Gasteiger partial charge in [0.05, 0.1) is 37.8 Å². The summed E-state index contributed by atoms with van der Waals surface area (Å²) in [5.74, 6) is -6.23. The maximum Gasteiger partial charge on any atom is 0.449 e. The number of hydrogen-bond donors (Lipinski definition) is 0. The van der Waals surface area contributed by atoms with Crippen LogP contribution in [0.2, 0.25) is 0 Å². The summed E-state index contributed by atoms with van der Waals surface area (Å²) >= 11 is 0. The number of rotatable bonds is 8. The Balaban J connectivity index is 0.906. The van der Waals surface area contributed by atoms with Gasteiger partial charge in [0.15, 0.2) is 11.2 Å². The number of nitrogens with zero attached hydrogens (tertiary/aromatic N) is 1. The first-order valence-electron chi connectivity index (χ1n) is 19.6. The third-order valence-corrected chi connectivity index (χ3v) is 13.7. The molecular weight excluding hydrogens is 756 g/mol. The number of fused-ring (bicyclic) bond motifs is 4. The Labute approximate surface area is 320 Å². The van der Waals surface area contributed by atoms with E-state index in [9.17, 15) is 26.3 Å². The number of pyridine rings is 1. The van der Waals surface area contributed by atoms with Crippen molar-refractivity contribution in [2.75, 3.05) is 13.2 Å². The van der Waals surface area contributed by atoms with Crippen molar-refractivity contribution in [3.8, 4) is 0 Å². The average Bonchev–Trinajstić information content (AvgIpc) is 3.51. The van der Waals surface area contributed by atoms with Crippen LogP contribution in [-0.2, 0) is 61.2 Å². The third-order valence-electron chi connectivity index (χ3n) is 13.7. The van der Waals surface area contributed by atoms with Gasteiger partial charge in [-0.1, -0.05) is 19.9 Å². The zero-order valence-corrected chi connectivity index (χ0v) is 31.6. The van der Waals surface area contributed by atoms with Crippen LogP contribution in [0.4, 0.5) is 26.3 Å². The van der Waals surface area contributed by atoms with Crippen LogP contribution in [0, 0.1) is 35.5 Å². The molecule has 0 amide bonds. The molecule has 0 N–H and O–H groups in total. The Kier molecular flexibility index (Phi) is 9.40. The van der Waals surface area contributed by atoms with Gasteiger partial charge in [0.25, 0.3) is 0 Å². The minimum absolute atomic E-state index is 0.0663. The fourth-order valence-corrected chi connectivity index (χ4v) is 11.0. The summed E-state index contributed by atoms with van der Waals surface area (Å²) in [6.45, 7) is 6.28. The normalized spacial score (nSPS) is 43.0. The number of alkyl halides is 6. The maximum absolute atomic E-state index is 14.6. The van der Waals surface area contributed by atoms with Gasteiger partial charge < -0.3 is 28.4 Å². The summed E-state index contributed by atoms with van der Waals surface area (Å²) < 4.78 is 123. The summed E-state index contributed by atoms with van der Waals surface area (Å²) in [6, 6.07) is 4.96. The van der Waals surface area contributed by atoms with Crippen molar-refractivity contribution in [1.29, 1.82) is 0 Å². The van der Waals surface area contributed by atoms with Crippen molar-refractivity contribution < 1.29 is 74.3 Å². The third kappa shape index (κ3) is 6.20. The molecule has 1 aromatic rings. The molecule has 10 aliphatic rings. The van der Waals surface area contributed by atoms with E-state index >= 15 is 0 Å². The second-order valence-electron chi connectivity index (χ2n) is 17.3. The van der Waals surface area contributed by atoms with Gasteiger partial charge in [-0.05, 0) is 76.3 Å². The smallest absolute Gasteiger partial charge is 0.449 e. The van der Waals surface area contributed by atoms with Gasteiger partial charge in [-0.15, -0.1) is 0 Å². The van der Waals surface area contributed by atoms with E-state index in [0.717, 1.165) is 0 Å². The van der Waals surface area contributed by atoms with Gasteiger partial charge in [0.2, 0.25) is 35.7 Å². The van der Waals surface area contributed by atoms with Crippen LogP contribution in [0.25, 0.3) is 0 Å². The Hall–Kier alpha value is -2.51. The van der Waals surface area contributed by atoms with Crippen molar-refractivity contribution in [3.63, 3.8) is 0 Å². The lowest BCUT2D eigenvalue weighted by molar-refractivity contribution is -0.558. The lowest BCUT2D eigenvalue weighted by atomic mass is 9.59. The maximum atomic E-state index is 14.6. The number of allylic oxidation sites excluding steroid dienone is 2. The van der Waals surface area contributed by atoms with Gasteiger partial charge in [-0.25, -0.2) is 19.6 Å². The van der Waals surface area contributed by atoms with Crippen LogP contribution in [-0.4, -0.2) is 65.9 Å². The highest BCUT2D eigenvalue weighted by Gasteiger charge is 2.72. The summed E-state index contributed by atoms with van der Waals surface area (Å²) in [4.78, 5) is 28.1. The first-order chi connectivity index (χ1) is 26.5. The van der Waals surface area contributed by atoms with Gasteiger partial charge in [0.1, 0.15) is 0 Å². The molecule has 2 spiro atoms. The number of aromatic nitrogens is 1. The molecule has 11 nitrogen and oxygen atoms in total. The average molecular weight is 804 g/mol. The zero-order valence-electron chi connectivity index (χ0n) is 31.6. The van der Waals surface area contributed by atoms with E-state index in [-0.39, 0.29) is 48.0 Å². The van der Waals surface area contributed by atoms with Gasteiger partial charge in [0, 0.05) is 47.7 Å². The zero-order chi connectivity index (χ0) is 39.5. The highest BCUT2D eigenvalue weighted by atomic mass is 19.4. The van der Waals surface area contributed by atoms with Crippen molar-refractivity contribution >= 4 is 0 Å². The monoisotopic (exact) mass is 803 g/mol. The molecule has 0 unspecified atom stereocenters. The van der Waals surface area contributed by atoms with Crippen LogP contribution in [0.1, 0.15) is 90.4 Å². The lowest BCUT2D eigenvalue weighted by Gasteiger charge is -2.57. The Morgan fingerprint density at radius 2 is 1.05 bits per heavy atom. The molecule has 4 bridgehead atoms. The second-order valence-corrected chi connectivity index (χ2v) is 17.3. The summed E-state index contributed by atoms with van der Waals surface area (Å²) in [5, 5.41) is 0. The molecular formula is C39H47F6NO10. The van der Waals surface area contributed by atoms with Crippen LogP contribution >= 0.6 is 0 Å². The predicted octanol–water partition coefficient (Wildman–Crippen LogP) is 8.24. The quantitative estimate of drug-likeness (QED) is 0.188. The molecule has 12 atom stereocenters. The summed E-state index contributed by atoms with van der Waals surface area (Å²) in [7, 11) is 0. The fourth-order valence-electron chi connectivity index (χ4n) is 11.0. The van der Waals surface area contributed by atoms with Crippen molar-refractivity contribution in [2.24, 2.45) is 35.5 Å². The Bertz CT molecular complexity index is 1650. The molecule has 11 rings (SSSR count). The summed E-state index contributed by atoms with van der Waals surface area (Å²) in [6.07, 6.45) is -7.88. The molecule has 9 heterocycles. The van der Waals surface area contributed by atoms with Crippen LogP contribution < -0.4 is 0 Å². The molecule has 17 heteroatoms. The van der Waals surface area contributed by atoms with E-state index in [2.05, 4.69) is 18.8 Å². The Morgan fingerprint density at radius 1 is 0.625 bits per heavy atom. The molecule has 8 fully saturated rings. The molecule has 0 aromatic carbocycles. The standard InChI is InChI=1S/C39H47F6NO10/c1-20-8-10-28-24(30(38(40,41)42)49-32-36(28)26(20)12-14-34(3,51-32)53-55-36)18-47-16-22-6-5-7-23(46-22)17-48-19-25-29-11-9-21(2)27-13-15-35(4)52-33(37(27,29)56-54-35)50-31(25)39(43,44)45/h5-7,20-21,26-29,32-33H,8-19H2,1-4H3/t20-,21-,26+,27+,28+,29+,32-,33-,34+,35+,36-,37-/m1/s1. The molecule has 2 aliphatic carbocycles. The van der Waals surface area contributed by atoms with Crippen molar-refractivity contribution in [3.05, 3.63) is 52.3 Å². The largest absolute Gasteiger partial charge is 0.456 e. The Morgan fingerprint density at radius 3 is 1.46 bits per heavy atom. The highest BCUT2D eigenvalue weighted by molar-refractivity contribution is 5.30. The van der Waals surface area contributed by atoms with E-state index in [1.165, 1.54) is 0 Å². The van der Waals surface area contributed by atoms with E-state index in [1.807, 2.05) is 0 Å². The topological polar surface area (TPSA) is 105 Å². The number of ether oxygens (including phenoxy) is 6. The number of halogens is 6. The van der Waals surface area contributed by atoms with Gasteiger partial charge in [-0.2, -0.15) is 26.3 Å². The second kappa shape index (κ2) is 13.5. The predicted molar refractivity (Wildman–Crippen MR) is 177 cm³/mol. The molecule has 6 saturated heterocycles. The highest BCUT2D eigenvalue weighted by Crippen LogP contribution is 2.63. The molecule has 8 aliphatic heterocycles. The van der Waals surface area contributed by atoms with E-state index in [4.69, 9.17) is 48.0 Å². The van der Waals surface area contributed by atoms with Crippen molar-refractivity contribution in [1.82, 2.24) is 4.98 Å². The lowest BCUT2D eigenvalue weighted by Crippen LogP contribution is -2.67. The SMILES string of the molecule is C[C@@H]1CC[C@H]2C(COCc3cccc(COCC4=C(C(F)(F)F)O[C@@H]5O[C@]6(C)CC[C@H]7[C@H](C)CC[C@@H]4[C@@]57OO6)n3)=C(C(F)(F)F)O[C@@H]3O[C@]4(C)CC[C@@H]1[C@]32OO4. The van der Waals surface area contributed by atoms with Crippen molar-refractivity contribution in [2.45, 2.75) is 140 Å². The minimum Gasteiger partial charge on any atom is -0.456 e. The van der Waals surface area contributed by atoms with Crippen LogP contribution in [0.3, 0.4) is 0 Å². The van der Waals surface area contributed by atoms with Gasteiger partial charge in [-0.3, -0.25) is 4.98 Å². The summed E-state index contributed by atoms with van der Waals surface area (Å²) in [5.41, 5.74) is -1.88. The number of hydrogen-bond acceptors (Lipinski definition) is 11. The van der Waals surface area contributed by atoms with Crippen LogP contribution in [0.15, 0.2) is 40.9 Å². The minimum atomic E-state index is -4.81.